The van der Waals surface area contributed by atoms with E-state index in [1.807, 2.05) is 0 Å². The monoisotopic (exact) mass is 239 g/mol. The maximum Gasteiger partial charge on any atom is 0.310 e. The molecular formula is C12H17NO4. The van der Waals surface area contributed by atoms with Crippen LogP contribution in [0.1, 0.15) is 19.3 Å². The van der Waals surface area contributed by atoms with E-state index >= 15 is 0 Å². The summed E-state index contributed by atoms with van der Waals surface area (Å²) in [5.74, 6) is -1.41. The molecule has 94 valence electrons. The summed E-state index contributed by atoms with van der Waals surface area (Å²) in [6.45, 7) is 1.21. The van der Waals surface area contributed by atoms with Crippen molar-refractivity contribution in [2.45, 2.75) is 25.3 Å². The number of ether oxygens (including phenoxy) is 1. The fourth-order valence-electron chi connectivity index (χ4n) is 2.24. The topological polar surface area (TPSA) is 75.6 Å². The van der Waals surface area contributed by atoms with Gasteiger partial charge >= 0.3 is 5.97 Å². The highest BCUT2D eigenvalue weighted by molar-refractivity contribution is 5.80. The van der Waals surface area contributed by atoms with E-state index in [1.165, 1.54) is 0 Å². The van der Waals surface area contributed by atoms with Crippen LogP contribution in [0.4, 0.5) is 0 Å². The molecule has 1 aliphatic carbocycles. The second-order valence-corrected chi connectivity index (χ2v) is 4.59. The zero-order valence-corrected chi connectivity index (χ0v) is 9.59. The van der Waals surface area contributed by atoms with E-state index in [4.69, 9.17) is 9.84 Å². The Bertz CT molecular complexity index is 333. The van der Waals surface area contributed by atoms with Crippen LogP contribution in [0.15, 0.2) is 12.2 Å². The van der Waals surface area contributed by atoms with Gasteiger partial charge in [0.2, 0.25) is 5.91 Å². The first-order valence-corrected chi connectivity index (χ1v) is 5.96. The van der Waals surface area contributed by atoms with Gasteiger partial charge in [-0.25, -0.2) is 0 Å². The Balaban J connectivity index is 1.80. The maximum absolute atomic E-state index is 11.9. The van der Waals surface area contributed by atoms with Crippen LogP contribution in [-0.2, 0) is 14.3 Å². The normalized spacial score (nSPS) is 32.4. The van der Waals surface area contributed by atoms with Gasteiger partial charge in [-0.05, 0) is 19.3 Å². The lowest BCUT2D eigenvalue weighted by molar-refractivity contribution is -0.140. The minimum Gasteiger partial charge on any atom is -0.481 e. The summed E-state index contributed by atoms with van der Waals surface area (Å²) in [6, 6.07) is -0.148. The number of hydrogen-bond acceptors (Lipinski definition) is 3. The molecule has 5 nitrogen and oxygen atoms in total. The molecule has 5 heteroatoms. The zero-order chi connectivity index (χ0) is 12.3. The predicted molar refractivity (Wildman–Crippen MR) is 60.4 cm³/mol. The van der Waals surface area contributed by atoms with Gasteiger partial charge in [0.05, 0.1) is 18.4 Å². The molecule has 0 bridgehead atoms. The largest absolute Gasteiger partial charge is 0.481 e. The molecule has 0 radical (unpaired) electrons. The second kappa shape index (κ2) is 5.31. The van der Waals surface area contributed by atoms with Crippen LogP contribution in [0, 0.1) is 11.8 Å². The number of carbonyl (C=O) groups excluding carboxylic acids is 1. The van der Waals surface area contributed by atoms with Crippen LogP contribution in [0.5, 0.6) is 0 Å². The number of nitrogens with one attached hydrogen (secondary N) is 1. The van der Waals surface area contributed by atoms with E-state index in [-0.39, 0.29) is 17.9 Å². The average Bonchev–Trinajstić information content (AvgIpc) is 2.79. The molecule has 3 unspecified atom stereocenters. The highest BCUT2D eigenvalue weighted by Crippen LogP contribution is 2.19. The standard InChI is InChI=1S/C12H17NO4/c14-11(9-2-1-5-17-7-9)13-10-4-3-8(6-10)12(15)16/h3-4,8-10H,1-2,5-7H2,(H,13,14)(H,15,16). The molecule has 1 aliphatic heterocycles. The number of hydrogen-bond donors (Lipinski definition) is 2. The van der Waals surface area contributed by atoms with E-state index in [9.17, 15) is 9.59 Å². The first-order valence-electron chi connectivity index (χ1n) is 5.96. The Kier molecular flexibility index (Phi) is 3.78. The smallest absolute Gasteiger partial charge is 0.310 e. The van der Waals surface area contributed by atoms with Gasteiger partial charge in [0, 0.05) is 12.6 Å². The van der Waals surface area contributed by atoms with Crippen LogP contribution in [-0.4, -0.2) is 36.2 Å². The van der Waals surface area contributed by atoms with E-state index in [0.29, 0.717) is 13.0 Å². The Labute approximate surface area is 99.8 Å². The summed E-state index contributed by atoms with van der Waals surface area (Å²) >= 11 is 0. The van der Waals surface area contributed by atoms with Gasteiger partial charge in [0.1, 0.15) is 0 Å². The molecule has 2 rings (SSSR count). The zero-order valence-electron chi connectivity index (χ0n) is 9.59. The van der Waals surface area contributed by atoms with Crippen molar-refractivity contribution in [3.8, 4) is 0 Å². The highest BCUT2D eigenvalue weighted by atomic mass is 16.5. The van der Waals surface area contributed by atoms with Gasteiger partial charge in [0.15, 0.2) is 0 Å². The van der Waals surface area contributed by atoms with Gasteiger partial charge < -0.3 is 15.2 Å². The molecule has 3 atom stereocenters. The van der Waals surface area contributed by atoms with Crippen molar-refractivity contribution >= 4 is 11.9 Å². The molecule has 0 spiro atoms. The third-order valence-electron chi connectivity index (χ3n) is 3.26. The van der Waals surface area contributed by atoms with E-state index < -0.39 is 11.9 Å². The minimum atomic E-state index is -0.834. The molecule has 1 saturated heterocycles. The summed E-state index contributed by atoms with van der Waals surface area (Å²) < 4.78 is 5.25. The summed E-state index contributed by atoms with van der Waals surface area (Å²) in [4.78, 5) is 22.6. The minimum absolute atomic E-state index is 0.0228. The lowest BCUT2D eigenvalue weighted by atomic mass is 10.0. The molecular weight excluding hydrogens is 222 g/mol. The Hall–Kier alpha value is -1.36. The molecule has 1 fully saturated rings. The molecule has 1 amide bonds. The average molecular weight is 239 g/mol. The van der Waals surface area contributed by atoms with Crippen LogP contribution >= 0.6 is 0 Å². The van der Waals surface area contributed by atoms with Crippen molar-refractivity contribution < 1.29 is 19.4 Å². The third kappa shape index (κ3) is 3.06. The third-order valence-corrected chi connectivity index (χ3v) is 3.26. The highest BCUT2D eigenvalue weighted by Gasteiger charge is 2.28. The van der Waals surface area contributed by atoms with Crippen molar-refractivity contribution in [2.24, 2.45) is 11.8 Å². The maximum atomic E-state index is 11.9. The van der Waals surface area contributed by atoms with Crippen molar-refractivity contribution in [3.05, 3.63) is 12.2 Å². The first kappa shape index (κ1) is 12.1. The van der Waals surface area contributed by atoms with Gasteiger partial charge in [-0.15, -0.1) is 0 Å². The second-order valence-electron chi connectivity index (χ2n) is 4.59. The summed E-state index contributed by atoms with van der Waals surface area (Å²) in [5, 5.41) is 11.7. The van der Waals surface area contributed by atoms with E-state index in [0.717, 1.165) is 19.4 Å². The van der Waals surface area contributed by atoms with Crippen LogP contribution < -0.4 is 5.32 Å². The summed E-state index contributed by atoms with van der Waals surface area (Å²) in [7, 11) is 0. The summed E-state index contributed by atoms with van der Waals surface area (Å²) in [6.07, 6.45) is 5.63. The number of carboxylic acids is 1. The van der Waals surface area contributed by atoms with Gasteiger partial charge in [-0.1, -0.05) is 12.2 Å². The molecule has 2 aliphatic rings. The van der Waals surface area contributed by atoms with Gasteiger partial charge in [-0.2, -0.15) is 0 Å². The molecule has 0 aromatic carbocycles. The predicted octanol–water partition coefficient (Wildman–Crippen LogP) is 0.558. The Morgan fingerprint density at radius 1 is 1.35 bits per heavy atom. The lowest BCUT2D eigenvalue weighted by Crippen LogP contribution is -2.40. The van der Waals surface area contributed by atoms with Crippen molar-refractivity contribution in [1.29, 1.82) is 0 Å². The fourth-order valence-corrected chi connectivity index (χ4v) is 2.24. The number of carbonyl (C=O) groups is 2. The number of aliphatic carboxylic acids is 1. The molecule has 0 aromatic heterocycles. The Morgan fingerprint density at radius 2 is 2.18 bits per heavy atom. The number of rotatable bonds is 3. The Morgan fingerprint density at radius 3 is 2.76 bits per heavy atom. The lowest BCUT2D eigenvalue weighted by Gasteiger charge is -2.23. The van der Waals surface area contributed by atoms with Crippen LogP contribution in [0.2, 0.25) is 0 Å². The quantitative estimate of drug-likeness (QED) is 0.705. The van der Waals surface area contributed by atoms with Gasteiger partial charge in [-0.3, -0.25) is 9.59 Å². The van der Waals surface area contributed by atoms with E-state index in [1.54, 1.807) is 12.2 Å². The van der Waals surface area contributed by atoms with Crippen LogP contribution in [0.25, 0.3) is 0 Å². The molecule has 2 N–H and O–H groups in total. The fraction of sp³-hybridized carbons (Fsp3) is 0.667. The van der Waals surface area contributed by atoms with Crippen LogP contribution in [0.3, 0.4) is 0 Å². The summed E-state index contributed by atoms with van der Waals surface area (Å²) in [5.41, 5.74) is 0. The van der Waals surface area contributed by atoms with Crippen molar-refractivity contribution in [2.75, 3.05) is 13.2 Å². The number of amides is 1. The molecule has 17 heavy (non-hydrogen) atoms. The first-order chi connectivity index (χ1) is 8.16. The van der Waals surface area contributed by atoms with Crippen molar-refractivity contribution in [3.63, 3.8) is 0 Å². The SMILES string of the molecule is O=C(O)C1C=CC(NC(=O)C2CCCOC2)C1. The molecule has 0 aromatic rings. The molecule has 0 saturated carbocycles. The number of carboxylic acid groups (broad SMARTS) is 1. The van der Waals surface area contributed by atoms with Crippen molar-refractivity contribution in [1.82, 2.24) is 5.32 Å². The molecule has 1 heterocycles. The van der Waals surface area contributed by atoms with E-state index in [2.05, 4.69) is 5.32 Å². The van der Waals surface area contributed by atoms with Gasteiger partial charge in [0.25, 0.3) is 0 Å².